The van der Waals surface area contributed by atoms with Gasteiger partial charge in [0.2, 0.25) is 5.60 Å². The minimum absolute atomic E-state index is 0.0282. The number of carbonyl (C=O) groups excluding carboxylic acids is 1. The van der Waals surface area contributed by atoms with Gasteiger partial charge in [-0.15, -0.1) is 0 Å². The maximum atomic E-state index is 13.1. The summed E-state index contributed by atoms with van der Waals surface area (Å²) in [6, 6.07) is 9.63. The van der Waals surface area contributed by atoms with Crippen molar-refractivity contribution in [2.75, 3.05) is 13.1 Å². The number of likely N-dealkylation sites (tertiary alicyclic amines) is 1. The molecule has 6 nitrogen and oxygen atoms in total. The second kappa shape index (κ2) is 7.08. The molecule has 30 heavy (non-hydrogen) atoms. The molecule has 2 heterocycles. The summed E-state index contributed by atoms with van der Waals surface area (Å²) in [7, 11) is 0. The summed E-state index contributed by atoms with van der Waals surface area (Å²) in [4.78, 5) is 18.2. The first-order valence-electron chi connectivity index (χ1n) is 10.1. The predicted octanol–water partition coefficient (Wildman–Crippen LogP) is 3.30. The Bertz CT molecular complexity index is 922. The van der Waals surface area contributed by atoms with Crippen molar-refractivity contribution >= 4 is 5.91 Å². The molecule has 0 bridgehead atoms. The number of alkyl halides is 3. The van der Waals surface area contributed by atoms with Gasteiger partial charge in [0.15, 0.2) is 5.82 Å². The lowest BCUT2D eigenvalue weighted by molar-refractivity contribution is -0.251. The molecule has 2 aliphatic rings. The topological polar surface area (TPSA) is 82.1 Å². The van der Waals surface area contributed by atoms with Gasteiger partial charge in [-0.05, 0) is 38.0 Å². The molecular formula is C21H25F3N4O2. The van der Waals surface area contributed by atoms with Gasteiger partial charge >= 0.3 is 6.18 Å². The number of amides is 1. The molecule has 1 aromatic heterocycles. The molecule has 1 saturated carbocycles. The number of hydrogen-bond donors (Lipinski definition) is 2. The standard InChI is InChI=1S/C21H25F3N4O2/c1-13-12-28(18(29)19(2,30)21(22,23)24)11-8-15(13)20(9-10-20)17-25-16(26-27-17)14-6-4-3-5-7-14/h3-7,13,15,30H,8-12H2,1-2H3,(H,25,26,27)/t13-,15+,19?/m1/s1. The zero-order chi connectivity index (χ0) is 21.7. The first-order chi connectivity index (χ1) is 14.1. The Kier molecular flexibility index (Phi) is 4.91. The third-order valence-electron chi connectivity index (χ3n) is 6.65. The average molecular weight is 422 g/mol. The van der Waals surface area contributed by atoms with E-state index in [1.807, 2.05) is 37.3 Å². The molecule has 2 N–H and O–H groups in total. The molecule has 1 aliphatic heterocycles. The van der Waals surface area contributed by atoms with Gasteiger partial charge in [0.05, 0.1) is 0 Å². The minimum Gasteiger partial charge on any atom is -0.373 e. The number of carbonyl (C=O) groups is 1. The second-order valence-corrected chi connectivity index (χ2v) is 8.72. The fourth-order valence-corrected chi connectivity index (χ4v) is 4.70. The van der Waals surface area contributed by atoms with E-state index in [-0.39, 0.29) is 30.3 Å². The smallest absolute Gasteiger partial charge is 0.373 e. The number of benzene rings is 1. The average Bonchev–Trinajstić information content (AvgIpc) is 3.35. The molecule has 9 heteroatoms. The molecule has 2 fully saturated rings. The Morgan fingerprint density at radius 3 is 2.50 bits per heavy atom. The van der Waals surface area contributed by atoms with Gasteiger partial charge in [-0.2, -0.15) is 18.3 Å². The fourth-order valence-electron chi connectivity index (χ4n) is 4.70. The summed E-state index contributed by atoms with van der Waals surface area (Å²) < 4.78 is 39.2. The number of piperidine rings is 1. The SMILES string of the molecule is C[C@@H]1CN(C(=O)C(C)(O)C(F)(F)F)CC[C@@H]1C1(c2nc(-c3ccccc3)n[nH]2)CC1. The summed E-state index contributed by atoms with van der Waals surface area (Å²) >= 11 is 0. The van der Waals surface area contributed by atoms with Crippen LogP contribution < -0.4 is 0 Å². The highest BCUT2D eigenvalue weighted by atomic mass is 19.4. The summed E-state index contributed by atoms with van der Waals surface area (Å²) in [6.07, 6.45) is -2.59. The third-order valence-corrected chi connectivity index (χ3v) is 6.65. The number of halogens is 3. The number of aromatic nitrogens is 3. The van der Waals surface area contributed by atoms with Gasteiger partial charge in [-0.3, -0.25) is 9.89 Å². The van der Waals surface area contributed by atoms with Gasteiger partial charge < -0.3 is 10.0 Å². The van der Waals surface area contributed by atoms with Crippen LogP contribution in [0.15, 0.2) is 30.3 Å². The number of nitrogens with zero attached hydrogens (tertiary/aromatic N) is 3. The number of H-pyrrole nitrogens is 1. The van der Waals surface area contributed by atoms with Crippen molar-refractivity contribution < 1.29 is 23.1 Å². The first-order valence-corrected chi connectivity index (χ1v) is 10.1. The van der Waals surface area contributed by atoms with Gasteiger partial charge in [-0.1, -0.05) is 37.3 Å². The normalized spacial score (nSPS) is 25.6. The lowest BCUT2D eigenvalue weighted by Gasteiger charge is -2.42. The Labute approximate surface area is 172 Å². The van der Waals surface area contributed by atoms with E-state index in [1.54, 1.807) is 0 Å². The molecule has 4 rings (SSSR count). The number of nitrogens with one attached hydrogen (secondary N) is 1. The molecule has 1 saturated heterocycles. The molecule has 1 unspecified atom stereocenters. The second-order valence-electron chi connectivity index (χ2n) is 8.72. The van der Waals surface area contributed by atoms with Crippen molar-refractivity contribution in [3.05, 3.63) is 36.2 Å². The Morgan fingerprint density at radius 1 is 1.27 bits per heavy atom. The molecule has 1 amide bonds. The van der Waals surface area contributed by atoms with Crippen LogP contribution in [0.1, 0.15) is 38.9 Å². The molecule has 0 spiro atoms. The maximum Gasteiger partial charge on any atom is 0.426 e. The zero-order valence-corrected chi connectivity index (χ0v) is 16.9. The van der Waals surface area contributed by atoms with E-state index in [0.717, 1.165) is 29.1 Å². The molecule has 1 aromatic carbocycles. The highest BCUT2D eigenvalue weighted by molar-refractivity contribution is 5.85. The van der Waals surface area contributed by atoms with Crippen molar-refractivity contribution in [3.63, 3.8) is 0 Å². The molecule has 3 atom stereocenters. The molecule has 0 radical (unpaired) electrons. The van der Waals surface area contributed by atoms with Crippen LogP contribution in [0, 0.1) is 11.8 Å². The lowest BCUT2D eigenvalue weighted by atomic mass is 9.74. The van der Waals surface area contributed by atoms with E-state index >= 15 is 0 Å². The summed E-state index contributed by atoms with van der Waals surface area (Å²) in [5.41, 5.74) is -2.63. The van der Waals surface area contributed by atoms with Gasteiger partial charge in [0.1, 0.15) is 5.82 Å². The van der Waals surface area contributed by atoms with Crippen LogP contribution in [0.2, 0.25) is 0 Å². The molecule has 162 valence electrons. The third kappa shape index (κ3) is 3.38. The highest BCUT2D eigenvalue weighted by Crippen LogP contribution is 2.57. The van der Waals surface area contributed by atoms with E-state index < -0.39 is 17.7 Å². The van der Waals surface area contributed by atoms with Crippen LogP contribution in [0.25, 0.3) is 11.4 Å². The zero-order valence-electron chi connectivity index (χ0n) is 16.9. The van der Waals surface area contributed by atoms with Gasteiger partial charge in [0.25, 0.3) is 5.91 Å². The molecule has 2 aromatic rings. The summed E-state index contributed by atoms with van der Waals surface area (Å²) in [6.45, 7) is 2.83. The molecule has 1 aliphatic carbocycles. The monoisotopic (exact) mass is 422 g/mol. The minimum atomic E-state index is -5.00. The van der Waals surface area contributed by atoms with Crippen molar-refractivity contribution in [3.8, 4) is 11.4 Å². The Morgan fingerprint density at radius 2 is 1.93 bits per heavy atom. The van der Waals surface area contributed by atoms with Crippen molar-refractivity contribution in [1.82, 2.24) is 20.1 Å². The van der Waals surface area contributed by atoms with E-state index in [9.17, 15) is 23.1 Å². The lowest BCUT2D eigenvalue weighted by Crippen LogP contribution is -2.59. The van der Waals surface area contributed by atoms with Crippen LogP contribution in [0.3, 0.4) is 0 Å². The quantitative estimate of drug-likeness (QED) is 0.792. The van der Waals surface area contributed by atoms with E-state index in [0.29, 0.717) is 19.2 Å². The Hall–Kier alpha value is -2.42. The van der Waals surface area contributed by atoms with Gasteiger partial charge in [-0.25, -0.2) is 4.98 Å². The summed E-state index contributed by atoms with van der Waals surface area (Å²) in [5.74, 6) is 0.295. The van der Waals surface area contributed by atoms with E-state index in [2.05, 4.69) is 10.2 Å². The van der Waals surface area contributed by atoms with Gasteiger partial charge in [0, 0.05) is 24.1 Å². The van der Waals surface area contributed by atoms with Crippen molar-refractivity contribution in [2.45, 2.75) is 50.3 Å². The number of aliphatic hydroxyl groups is 1. The van der Waals surface area contributed by atoms with E-state index in [1.165, 1.54) is 0 Å². The summed E-state index contributed by atoms with van der Waals surface area (Å²) in [5, 5.41) is 17.2. The van der Waals surface area contributed by atoms with Crippen LogP contribution >= 0.6 is 0 Å². The largest absolute Gasteiger partial charge is 0.426 e. The van der Waals surface area contributed by atoms with Crippen molar-refractivity contribution in [2.24, 2.45) is 11.8 Å². The predicted molar refractivity (Wildman–Crippen MR) is 103 cm³/mol. The number of aromatic amines is 1. The van der Waals surface area contributed by atoms with Crippen LogP contribution in [0.5, 0.6) is 0 Å². The van der Waals surface area contributed by atoms with Crippen LogP contribution in [0.4, 0.5) is 13.2 Å². The Balaban J connectivity index is 1.49. The first kappa shape index (κ1) is 20.8. The molecular weight excluding hydrogens is 397 g/mol. The van der Waals surface area contributed by atoms with E-state index in [4.69, 9.17) is 4.98 Å². The highest BCUT2D eigenvalue weighted by Gasteiger charge is 2.59. The maximum absolute atomic E-state index is 13.1. The van der Waals surface area contributed by atoms with Crippen molar-refractivity contribution in [1.29, 1.82) is 0 Å². The number of rotatable bonds is 4. The number of hydrogen-bond acceptors (Lipinski definition) is 4. The fraction of sp³-hybridized carbons (Fsp3) is 0.571. The van der Waals surface area contributed by atoms with Crippen LogP contribution in [-0.2, 0) is 10.2 Å². The van der Waals surface area contributed by atoms with Crippen LogP contribution in [-0.4, -0.2) is 56.0 Å².